The number of halogens is 2. The predicted octanol–water partition coefficient (Wildman–Crippen LogP) is 3.08. The summed E-state index contributed by atoms with van der Waals surface area (Å²) in [5.74, 6) is -1.04. The molecule has 0 saturated carbocycles. The van der Waals surface area contributed by atoms with Gasteiger partial charge in [-0.15, -0.1) is 0 Å². The fourth-order valence-corrected chi connectivity index (χ4v) is 2.55. The van der Waals surface area contributed by atoms with E-state index in [1.54, 1.807) is 0 Å². The highest BCUT2D eigenvalue weighted by Gasteiger charge is 2.24. The molecule has 1 aliphatic rings. The summed E-state index contributed by atoms with van der Waals surface area (Å²) in [5.41, 5.74) is 0. The Bertz CT molecular complexity index is 481. The van der Waals surface area contributed by atoms with Crippen LogP contribution in [0.25, 0.3) is 0 Å². The molecule has 2 unspecified atom stereocenters. The normalized spacial score (nSPS) is 23.1. The summed E-state index contributed by atoms with van der Waals surface area (Å²) in [6.07, 6.45) is 2.71. The van der Waals surface area contributed by atoms with Crippen LogP contribution in [0.3, 0.4) is 0 Å². The molecule has 4 nitrogen and oxygen atoms in total. The fraction of sp³-hybridized carbons (Fsp3) is 0.667. The Morgan fingerprint density at radius 3 is 2.71 bits per heavy atom. The van der Waals surface area contributed by atoms with E-state index in [2.05, 4.69) is 34.5 Å². The smallest absolute Gasteiger partial charge is 0.168 e. The van der Waals surface area contributed by atoms with Crippen molar-refractivity contribution in [3.8, 4) is 0 Å². The minimum atomic E-state index is -0.650. The van der Waals surface area contributed by atoms with Crippen molar-refractivity contribution in [2.24, 2.45) is 0 Å². The van der Waals surface area contributed by atoms with Gasteiger partial charge < -0.3 is 15.5 Å². The number of piperidine rings is 1. The largest absolute Gasteiger partial charge is 0.368 e. The Balaban J connectivity index is 2.08. The third-order valence-corrected chi connectivity index (χ3v) is 4.02. The van der Waals surface area contributed by atoms with E-state index < -0.39 is 11.6 Å². The van der Waals surface area contributed by atoms with Gasteiger partial charge in [0, 0.05) is 31.2 Å². The number of rotatable bonds is 5. The molecule has 1 aliphatic heterocycles. The molecule has 118 valence electrons. The first kappa shape index (κ1) is 15.9. The molecule has 6 heteroatoms. The topological polar surface area (TPSA) is 40.2 Å². The number of hydrogen-bond donors (Lipinski definition) is 2. The third kappa shape index (κ3) is 4.03. The van der Waals surface area contributed by atoms with E-state index in [9.17, 15) is 8.78 Å². The predicted molar refractivity (Wildman–Crippen MR) is 81.7 cm³/mol. The second kappa shape index (κ2) is 7.02. The molecule has 21 heavy (non-hydrogen) atoms. The quantitative estimate of drug-likeness (QED) is 0.876. The number of nitrogens with zero attached hydrogens (tertiary/aromatic N) is 2. The van der Waals surface area contributed by atoms with E-state index in [1.165, 1.54) is 0 Å². The number of pyridine rings is 1. The van der Waals surface area contributed by atoms with E-state index in [0.717, 1.165) is 31.9 Å². The van der Waals surface area contributed by atoms with E-state index in [0.29, 0.717) is 12.6 Å². The van der Waals surface area contributed by atoms with Gasteiger partial charge in [-0.2, -0.15) is 0 Å². The molecule has 0 aromatic carbocycles. The molecule has 0 aliphatic carbocycles. The molecular formula is C15H24F2N4. The van der Waals surface area contributed by atoms with Crippen molar-refractivity contribution in [2.75, 3.05) is 30.8 Å². The van der Waals surface area contributed by atoms with Crippen molar-refractivity contribution in [3.05, 3.63) is 17.7 Å². The van der Waals surface area contributed by atoms with E-state index in [-0.39, 0.29) is 17.7 Å². The molecule has 1 fully saturated rings. The van der Waals surface area contributed by atoms with Crippen LogP contribution in [0.1, 0.15) is 33.1 Å². The molecule has 1 aromatic heterocycles. The molecule has 0 bridgehead atoms. The van der Waals surface area contributed by atoms with Gasteiger partial charge in [-0.25, -0.2) is 13.8 Å². The average Bonchev–Trinajstić information content (AvgIpc) is 2.44. The third-order valence-electron chi connectivity index (χ3n) is 4.02. The lowest BCUT2D eigenvalue weighted by Gasteiger charge is -2.35. The van der Waals surface area contributed by atoms with Crippen molar-refractivity contribution >= 4 is 11.6 Å². The first-order valence-electron chi connectivity index (χ1n) is 7.58. The number of likely N-dealkylation sites (tertiary alicyclic amines) is 1. The van der Waals surface area contributed by atoms with E-state index in [1.807, 2.05) is 6.92 Å². The van der Waals surface area contributed by atoms with Crippen LogP contribution in [0.5, 0.6) is 0 Å². The summed E-state index contributed by atoms with van der Waals surface area (Å²) in [5, 5.41) is 6.01. The maximum absolute atomic E-state index is 13.9. The van der Waals surface area contributed by atoms with Crippen LogP contribution in [0.15, 0.2) is 6.07 Å². The number of anilines is 2. The van der Waals surface area contributed by atoms with E-state index in [4.69, 9.17) is 0 Å². The Labute approximate surface area is 124 Å². The number of nitrogens with one attached hydrogen (secondary N) is 2. The van der Waals surface area contributed by atoms with Crippen molar-refractivity contribution in [1.29, 1.82) is 0 Å². The summed E-state index contributed by atoms with van der Waals surface area (Å²) in [6, 6.07) is 1.51. The highest BCUT2D eigenvalue weighted by Crippen LogP contribution is 2.23. The van der Waals surface area contributed by atoms with Gasteiger partial charge >= 0.3 is 0 Å². The molecule has 1 saturated heterocycles. The number of hydrogen-bond acceptors (Lipinski definition) is 4. The Hall–Kier alpha value is -1.43. The van der Waals surface area contributed by atoms with Crippen molar-refractivity contribution in [1.82, 2.24) is 9.88 Å². The minimum absolute atomic E-state index is 0.113. The van der Waals surface area contributed by atoms with Crippen molar-refractivity contribution in [2.45, 2.75) is 45.2 Å². The zero-order chi connectivity index (χ0) is 15.4. The first-order chi connectivity index (χ1) is 10.0. The Morgan fingerprint density at radius 1 is 1.33 bits per heavy atom. The van der Waals surface area contributed by atoms with Gasteiger partial charge in [0.2, 0.25) is 0 Å². The zero-order valence-electron chi connectivity index (χ0n) is 12.9. The van der Waals surface area contributed by atoms with Crippen LogP contribution in [0, 0.1) is 11.6 Å². The summed E-state index contributed by atoms with van der Waals surface area (Å²) >= 11 is 0. The van der Waals surface area contributed by atoms with Crippen LogP contribution in [-0.2, 0) is 0 Å². The minimum Gasteiger partial charge on any atom is -0.368 e. The summed E-state index contributed by atoms with van der Waals surface area (Å²) in [7, 11) is 2.09. The molecule has 2 heterocycles. The van der Waals surface area contributed by atoms with Crippen LogP contribution in [-0.4, -0.2) is 42.1 Å². The SMILES string of the molecule is CCCNc1nc(NC2CCN(C)C(C)C2)c(F)cc1F. The molecule has 2 N–H and O–H groups in total. The molecule has 0 radical (unpaired) electrons. The fourth-order valence-electron chi connectivity index (χ4n) is 2.55. The lowest BCUT2D eigenvalue weighted by Crippen LogP contribution is -2.42. The lowest BCUT2D eigenvalue weighted by molar-refractivity contribution is 0.190. The summed E-state index contributed by atoms with van der Waals surface area (Å²) in [6.45, 7) is 5.70. The maximum Gasteiger partial charge on any atom is 0.168 e. The molecule has 2 atom stereocenters. The van der Waals surface area contributed by atoms with Crippen LogP contribution < -0.4 is 10.6 Å². The van der Waals surface area contributed by atoms with Gasteiger partial charge in [0.05, 0.1) is 0 Å². The van der Waals surface area contributed by atoms with Gasteiger partial charge in [0.1, 0.15) is 0 Å². The van der Waals surface area contributed by atoms with Gasteiger partial charge in [0.15, 0.2) is 23.3 Å². The van der Waals surface area contributed by atoms with Gasteiger partial charge in [-0.3, -0.25) is 0 Å². The first-order valence-corrected chi connectivity index (χ1v) is 7.58. The zero-order valence-corrected chi connectivity index (χ0v) is 12.9. The van der Waals surface area contributed by atoms with Crippen molar-refractivity contribution in [3.63, 3.8) is 0 Å². The molecule has 2 rings (SSSR count). The monoisotopic (exact) mass is 298 g/mol. The molecule has 1 aromatic rings. The second-order valence-corrected chi connectivity index (χ2v) is 5.77. The van der Waals surface area contributed by atoms with Gasteiger partial charge in [0.25, 0.3) is 0 Å². The summed E-state index contributed by atoms with van der Waals surface area (Å²) < 4.78 is 27.5. The second-order valence-electron chi connectivity index (χ2n) is 5.77. The highest BCUT2D eigenvalue weighted by molar-refractivity contribution is 5.48. The average molecular weight is 298 g/mol. The molecule has 0 spiro atoms. The van der Waals surface area contributed by atoms with Gasteiger partial charge in [-0.1, -0.05) is 6.92 Å². The van der Waals surface area contributed by atoms with Crippen LogP contribution in [0.4, 0.5) is 20.4 Å². The highest BCUT2D eigenvalue weighted by atomic mass is 19.1. The molecular weight excluding hydrogens is 274 g/mol. The van der Waals surface area contributed by atoms with Crippen molar-refractivity contribution < 1.29 is 8.78 Å². The van der Waals surface area contributed by atoms with Gasteiger partial charge in [-0.05, 0) is 33.2 Å². The Morgan fingerprint density at radius 2 is 2.05 bits per heavy atom. The van der Waals surface area contributed by atoms with Crippen LogP contribution in [0.2, 0.25) is 0 Å². The summed E-state index contributed by atoms with van der Waals surface area (Å²) in [4.78, 5) is 6.34. The maximum atomic E-state index is 13.9. The standard InChI is InChI=1S/C15H24F2N4/c1-4-6-18-14-12(16)9-13(17)15(20-14)19-11-5-7-21(3)10(2)8-11/h9-11H,4-8H2,1-3H3,(H2,18,19,20). The molecule has 0 amide bonds. The Kier molecular flexibility index (Phi) is 5.33. The van der Waals surface area contributed by atoms with E-state index >= 15 is 0 Å². The lowest BCUT2D eigenvalue weighted by atomic mass is 9.99. The van der Waals surface area contributed by atoms with Crippen LogP contribution >= 0.6 is 0 Å². The number of aromatic nitrogens is 1.